The molecule has 0 radical (unpaired) electrons. The van der Waals surface area contributed by atoms with E-state index < -0.39 is 0 Å². The van der Waals surface area contributed by atoms with E-state index in [1.165, 1.54) is 0 Å². The molecule has 1 aromatic rings. The van der Waals surface area contributed by atoms with E-state index >= 15 is 0 Å². The number of thioether (sulfide) groups is 1. The number of hydrogen-bond donors (Lipinski definition) is 2. The number of aliphatic hydroxyl groups excluding tert-OH is 1. The first kappa shape index (κ1) is 8.91. The van der Waals surface area contributed by atoms with Crippen LogP contribution in [0.25, 0.3) is 0 Å². The molecule has 0 bridgehead atoms. The summed E-state index contributed by atoms with van der Waals surface area (Å²) in [5, 5.41) is 12.6. The highest BCUT2D eigenvalue weighted by Gasteiger charge is 2.36. The Kier molecular flexibility index (Phi) is 2.47. The van der Waals surface area contributed by atoms with Crippen LogP contribution < -0.4 is 5.32 Å². The third-order valence-corrected chi connectivity index (χ3v) is 3.76. The van der Waals surface area contributed by atoms with Gasteiger partial charge in [-0.2, -0.15) is 11.8 Å². The van der Waals surface area contributed by atoms with Crippen molar-refractivity contribution in [1.82, 2.24) is 0 Å². The van der Waals surface area contributed by atoms with E-state index in [-0.39, 0.29) is 12.1 Å². The fourth-order valence-corrected chi connectivity index (χ4v) is 2.40. The number of aliphatic hydroxyl groups is 1. The first-order valence-corrected chi connectivity index (χ1v) is 5.52. The van der Waals surface area contributed by atoms with E-state index in [4.69, 9.17) is 0 Å². The minimum atomic E-state index is -0.0635. The molecule has 0 saturated carbocycles. The lowest BCUT2D eigenvalue weighted by molar-refractivity contribution is 0.233. The van der Waals surface area contributed by atoms with E-state index in [1.807, 2.05) is 42.1 Å². The summed E-state index contributed by atoms with van der Waals surface area (Å²) in [5.74, 6) is 2.00. The lowest BCUT2D eigenvalue weighted by atomic mass is 10.1. The van der Waals surface area contributed by atoms with Crippen molar-refractivity contribution in [2.75, 3.05) is 23.4 Å². The molecular formula is C10H13NOS. The average molecular weight is 195 g/mol. The summed E-state index contributed by atoms with van der Waals surface area (Å²) in [5.41, 5.74) is 1.03. The second-order valence-electron chi connectivity index (χ2n) is 3.42. The van der Waals surface area contributed by atoms with Crippen LogP contribution in [0, 0.1) is 0 Å². The molecule has 0 atom stereocenters. The normalized spacial score (nSPS) is 19.2. The highest BCUT2D eigenvalue weighted by Crippen LogP contribution is 2.32. The molecule has 1 fully saturated rings. The fourth-order valence-electron chi connectivity index (χ4n) is 1.38. The van der Waals surface area contributed by atoms with Crippen LogP contribution in [0.15, 0.2) is 30.3 Å². The minimum absolute atomic E-state index is 0.0635. The smallest absolute Gasteiger partial charge is 0.0784 e. The molecule has 70 valence electrons. The Bertz CT molecular complexity index is 266. The maximum Gasteiger partial charge on any atom is 0.0784 e. The Labute approximate surface area is 82.4 Å². The summed E-state index contributed by atoms with van der Waals surface area (Å²) >= 11 is 1.87. The molecule has 1 aromatic carbocycles. The molecule has 1 aliphatic heterocycles. The third kappa shape index (κ3) is 1.81. The molecule has 0 aliphatic carbocycles. The molecule has 0 unspecified atom stereocenters. The first-order chi connectivity index (χ1) is 6.35. The zero-order valence-corrected chi connectivity index (χ0v) is 8.18. The molecule has 3 heteroatoms. The molecule has 1 heterocycles. The van der Waals surface area contributed by atoms with Crippen molar-refractivity contribution in [2.45, 2.75) is 5.54 Å². The van der Waals surface area contributed by atoms with E-state index in [0.717, 1.165) is 17.2 Å². The van der Waals surface area contributed by atoms with Gasteiger partial charge in [-0.15, -0.1) is 0 Å². The van der Waals surface area contributed by atoms with Gasteiger partial charge in [0.05, 0.1) is 12.1 Å². The highest BCUT2D eigenvalue weighted by molar-refractivity contribution is 8.00. The molecule has 13 heavy (non-hydrogen) atoms. The molecule has 0 spiro atoms. The zero-order chi connectivity index (χ0) is 9.15. The van der Waals surface area contributed by atoms with Crippen molar-refractivity contribution in [3.05, 3.63) is 30.3 Å². The maximum absolute atomic E-state index is 9.22. The molecule has 1 aliphatic rings. The van der Waals surface area contributed by atoms with Crippen LogP contribution in [0.4, 0.5) is 5.69 Å². The quantitative estimate of drug-likeness (QED) is 0.768. The summed E-state index contributed by atoms with van der Waals surface area (Å²) in [6.45, 7) is 0.217. The minimum Gasteiger partial charge on any atom is -0.394 e. The highest BCUT2D eigenvalue weighted by atomic mass is 32.2. The Morgan fingerprint density at radius 2 is 2.00 bits per heavy atom. The lowest BCUT2D eigenvalue weighted by Gasteiger charge is -2.41. The van der Waals surface area contributed by atoms with Crippen molar-refractivity contribution in [3.8, 4) is 0 Å². The van der Waals surface area contributed by atoms with Gasteiger partial charge in [-0.1, -0.05) is 18.2 Å². The maximum atomic E-state index is 9.22. The van der Waals surface area contributed by atoms with E-state index in [2.05, 4.69) is 5.32 Å². The monoisotopic (exact) mass is 195 g/mol. The van der Waals surface area contributed by atoms with Gasteiger partial charge in [0.1, 0.15) is 0 Å². The average Bonchev–Trinajstić information content (AvgIpc) is 2.13. The first-order valence-electron chi connectivity index (χ1n) is 4.36. The van der Waals surface area contributed by atoms with Crippen molar-refractivity contribution >= 4 is 17.4 Å². The topological polar surface area (TPSA) is 32.3 Å². The Balaban J connectivity index is 2.05. The Morgan fingerprint density at radius 1 is 1.31 bits per heavy atom. The van der Waals surface area contributed by atoms with Gasteiger partial charge in [-0.05, 0) is 12.1 Å². The number of nitrogens with one attached hydrogen (secondary N) is 1. The van der Waals surface area contributed by atoms with Crippen LogP contribution in [-0.2, 0) is 0 Å². The van der Waals surface area contributed by atoms with Gasteiger partial charge in [-0.3, -0.25) is 0 Å². The van der Waals surface area contributed by atoms with Crippen molar-refractivity contribution in [2.24, 2.45) is 0 Å². The molecule has 1 saturated heterocycles. The summed E-state index contributed by atoms with van der Waals surface area (Å²) in [6, 6.07) is 10.0. The molecule has 0 aromatic heterocycles. The Hall–Kier alpha value is -0.670. The predicted octanol–water partition coefficient (Wildman–Crippen LogP) is 1.58. The summed E-state index contributed by atoms with van der Waals surface area (Å²) < 4.78 is 0. The SMILES string of the molecule is OCC1(Nc2ccccc2)CSC1. The lowest BCUT2D eigenvalue weighted by Crippen LogP contribution is -2.53. The van der Waals surface area contributed by atoms with Crippen LogP contribution >= 0.6 is 11.8 Å². The standard InChI is InChI=1S/C10H13NOS/c12-6-10(7-13-8-10)11-9-4-2-1-3-5-9/h1-5,11-12H,6-8H2. The van der Waals surface area contributed by atoms with Gasteiger partial charge < -0.3 is 10.4 Å². The van der Waals surface area contributed by atoms with Crippen molar-refractivity contribution in [1.29, 1.82) is 0 Å². The molecular weight excluding hydrogens is 182 g/mol. The predicted molar refractivity (Wildman–Crippen MR) is 57.2 cm³/mol. The summed E-state index contributed by atoms with van der Waals surface area (Å²) in [4.78, 5) is 0. The molecule has 0 amide bonds. The Morgan fingerprint density at radius 3 is 2.46 bits per heavy atom. The second kappa shape index (κ2) is 3.60. The van der Waals surface area contributed by atoms with Gasteiger partial charge in [0.2, 0.25) is 0 Å². The second-order valence-corrected chi connectivity index (χ2v) is 4.41. The van der Waals surface area contributed by atoms with Crippen LogP contribution in [0.3, 0.4) is 0 Å². The zero-order valence-electron chi connectivity index (χ0n) is 7.36. The van der Waals surface area contributed by atoms with Gasteiger partial charge >= 0.3 is 0 Å². The van der Waals surface area contributed by atoms with Crippen molar-refractivity contribution in [3.63, 3.8) is 0 Å². The third-order valence-electron chi connectivity index (χ3n) is 2.24. The van der Waals surface area contributed by atoms with Gasteiger partial charge in [0, 0.05) is 17.2 Å². The number of anilines is 1. The van der Waals surface area contributed by atoms with Crippen LogP contribution in [0.1, 0.15) is 0 Å². The van der Waals surface area contributed by atoms with Crippen LogP contribution in [0.2, 0.25) is 0 Å². The molecule has 2 nitrogen and oxygen atoms in total. The largest absolute Gasteiger partial charge is 0.394 e. The van der Waals surface area contributed by atoms with E-state index in [0.29, 0.717) is 0 Å². The summed E-state index contributed by atoms with van der Waals surface area (Å²) in [6.07, 6.45) is 0. The van der Waals surface area contributed by atoms with E-state index in [1.54, 1.807) is 0 Å². The molecule has 2 N–H and O–H groups in total. The van der Waals surface area contributed by atoms with Crippen molar-refractivity contribution < 1.29 is 5.11 Å². The fraction of sp³-hybridized carbons (Fsp3) is 0.400. The summed E-state index contributed by atoms with van der Waals surface area (Å²) in [7, 11) is 0. The van der Waals surface area contributed by atoms with Crippen LogP contribution in [-0.4, -0.2) is 28.8 Å². The van der Waals surface area contributed by atoms with Crippen LogP contribution in [0.5, 0.6) is 0 Å². The number of para-hydroxylation sites is 1. The number of rotatable bonds is 3. The van der Waals surface area contributed by atoms with Gasteiger partial charge in [-0.25, -0.2) is 0 Å². The van der Waals surface area contributed by atoms with E-state index in [9.17, 15) is 5.11 Å². The van der Waals surface area contributed by atoms with Gasteiger partial charge in [0.15, 0.2) is 0 Å². The molecule has 2 rings (SSSR count). The number of hydrogen-bond acceptors (Lipinski definition) is 3. The number of benzene rings is 1. The van der Waals surface area contributed by atoms with Gasteiger partial charge in [0.25, 0.3) is 0 Å².